The molecule has 3 nitrogen and oxygen atoms in total. The summed E-state index contributed by atoms with van der Waals surface area (Å²) < 4.78 is 0. The van der Waals surface area contributed by atoms with Crippen LogP contribution < -0.4 is 5.32 Å². The largest absolute Gasteiger partial charge is 0.326 e. The monoisotopic (exact) mass is 296 g/mol. The van der Waals surface area contributed by atoms with Gasteiger partial charge >= 0.3 is 0 Å². The van der Waals surface area contributed by atoms with Crippen LogP contribution in [0, 0.1) is 6.92 Å². The van der Waals surface area contributed by atoms with Crippen molar-refractivity contribution in [2.75, 3.05) is 25.0 Å². The van der Waals surface area contributed by atoms with Crippen LogP contribution in [0.2, 0.25) is 5.02 Å². The van der Waals surface area contributed by atoms with Gasteiger partial charge in [0.05, 0.1) is 0 Å². The van der Waals surface area contributed by atoms with Crippen molar-refractivity contribution in [1.29, 1.82) is 0 Å². The molecule has 4 heteroatoms. The summed E-state index contributed by atoms with van der Waals surface area (Å²) >= 11 is 6.05. The minimum absolute atomic E-state index is 0.0436. The maximum Gasteiger partial charge on any atom is 0.225 e. The first-order valence-corrected chi connectivity index (χ1v) is 7.73. The Labute approximate surface area is 127 Å². The highest BCUT2D eigenvalue weighted by Gasteiger charge is 2.08. The molecule has 0 heterocycles. The molecular formula is C16H25ClN2O. The number of aryl methyl sites for hydroxylation is 1. The zero-order chi connectivity index (χ0) is 15.0. The molecule has 0 aliphatic carbocycles. The fourth-order valence-electron chi connectivity index (χ4n) is 2.12. The van der Waals surface area contributed by atoms with E-state index in [0.29, 0.717) is 11.4 Å². The molecule has 0 unspecified atom stereocenters. The minimum Gasteiger partial charge on any atom is -0.326 e. The molecule has 1 rings (SSSR count). The lowest BCUT2D eigenvalue weighted by atomic mass is 10.2. The van der Waals surface area contributed by atoms with Gasteiger partial charge in [0.25, 0.3) is 0 Å². The van der Waals surface area contributed by atoms with Gasteiger partial charge < -0.3 is 10.2 Å². The molecule has 20 heavy (non-hydrogen) atoms. The van der Waals surface area contributed by atoms with Crippen LogP contribution in [0.25, 0.3) is 0 Å². The highest BCUT2D eigenvalue weighted by Crippen LogP contribution is 2.20. The Morgan fingerprint density at radius 1 is 1.20 bits per heavy atom. The minimum atomic E-state index is 0.0436. The summed E-state index contributed by atoms with van der Waals surface area (Å²) in [6.45, 7) is 9.19. The predicted molar refractivity (Wildman–Crippen MR) is 86.5 cm³/mol. The van der Waals surface area contributed by atoms with Gasteiger partial charge in [-0.25, -0.2) is 0 Å². The number of carbonyl (C=O) groups excluding carboxylic acids is 1. The summed E-state index contributed by atoms with van der Waals surface area (Å²) in [6.07, 6.45) is 2.76. The number of hydrogen-bond donors (Lipinski definition) is 1. The van der Waals surface area contributed by atoms with Crippen molar-refractivity contribution in [2.24, 2.45) is 0 Å². The van der Waals surface area contributed by atoms with Crippen molar-refractivity contribution in [1.82, 2.24) is 4.90 Å². The molecule has 1 aromatic rings. The molecule has 112 valence electrons. The normalized spacial score (nSPS) is 10.8. The third-order valence-electron chi connectivity index (χ3n) is 3.19. The van der Waals surface area contributed by atoms with Gasteiger partial charge in [-0.15, -0.1) is 0 Å². The quantitative estimate of drug-likeness (QED) is 0.783. The summed E-state index contributed by atoms with van der Waals surface area (Å²) in [7, 11) is 0. The summed E-state index contributed by atoms with van der Waals surface area (Å²) in [5.41, 5.74) is 1.78. The number of nitrogens with zero attached hydrogens (tertiary/aromatic N) is 1. The predicted octanol–water partition coefficient (Wildman–Crippen LogP) is 4.10. The van der Waals surface area contributed by atoms with Crippen LogP contribution >= 0.6 is 11.6 Å². The first-order chi connectivity index (χ1) is 9.56. The van der Waals surface area contributed by atoms with Gasteiger partial charge in [0.15, 0.2) is 0 Å². The van der Waals surface area contributed by atoms with E-state index in [9.17, 15) is 4.79 Å². The number of nitrogens with one attached hydrogen (secondary N) is 1. The van der Waals surface area contributed by atoms with Crippen LogP contribution in [0.5, 0.6) is 0 Å². The topological polar surface area (TPSA) is 32.3 Å². The number of carbonyl (C=O) groups is 1. The second kappa shape index (κ2) is 8.98. The SMILES string of the molecule is CCCN(CCC)CCC(=O)Nc1ccc(C)c(Cl)c1. The van der Waals surface area contributed by atoms with Crippen LogP contribution in [0.3, 0.4) is 0 Å². The summed E-state index contributed by atoms with van der Waals surface area (Å²) in [4.78, 5) is 14.3. The molecule has 0 spiro atoms. The standard InChI is InChI=1S/C16H25ClN2O/c1-4-9-19(10-5-2)11-8-16(20)18-14-7-6-13(3)15(17)12-14/h6-7,12H,4-5,8-11H2,1-3H3,(H,18,20). The Kier molecular flexibility index (Phi) is 7.63. The zero-order valence-corrected chi connectivity index (χ0v) is 13.5. The van der Waals surface area contributed by atoms with Gasteiger partial charge in [-0.2, -0.15) is 0 Å². The summed E-state index contributed by atoms with van der Waals surface area (Å²) in [5.74, 6) is 0.0436. The highest BCUT2D eigenvalue weighted by atomic mass is 35.5. The van der Waals surface area contributed by atoms with Gasteiger partial charge in [0, 0.05) is 23.7 Å². The second-order valence-electron chi connectivity index (χ2n) is 5.10. The lowest BCUT2D eigenvalue weighted by Gasteiger charge is -2.20. The Bertz CT molecular complexity index is 428. The van der Waals surface area contributed by atoms with E-state index in [-0.39, 0.29) is 5.91 Å². The van der Waals surface area contributed by atoms with Crippen LogP contribution in [0.4, 0.5) is 5.69 Å². The second-order valence-corrected chi connectivity index (χ2v) is 5.51. The molecule has 0 fully saturated rings. The van der Waals surface area contributed by atoms with E-state index < -0.39 is 0 Å². The van der Waals surface area contributed by atoms with E-state index in [1.807, 2.05) is 19.1 Å². The molecular weight excluding hydrogens is 272 g/mol. The van der Waals surface area contributed by atoms with Crippen molar-refractivity contribution in [3.63, 3.8) is 0 Å². The van der Waals surface area contributed by atoms with E-state index in [1.54, 1.807) is 6.07 Å². The zero-order valence-electron chi connectivity index (χ0n) is 12.7. The van der Waals surface area contributed by atoms with Crippen LogP contribution in [0.1, 0.15) is 38.7 Å². The van der Waals surface area contributed by atoms with Crippen molar-refractivity contribution in [3.05, 3.63) is 28.8 Å². The molecule has 0 aliphatic heterocycles. The van der Waals surface area contributed by atoms with E-state index in [1.165, 1.54) is 0 Å². The van der Waals surface area contributed by atoms with Crippen LogP contribution in [-0.4, -0.2) is 30.4 Å². The fraction of sp³-hybridized carbons (Fsp3) is 0.562. The molecule has 1 aromatic carbocycles. The molecule has 0 atom stereocenters. The van der Waals surface area contributed by atoms with Gasteiger partial charge in [-0.05, 0) is 50.6 Å². The summed E-state index contributed by atoms with van der Waals surface area (Å²) in [6, 6.07) is 5.60. The number of halogens is 1. The van der Waals surface area contributed by atoms with Crippen molar-refractivity contribution >= 4 is 23.2 Å². The third-order valence-corrected chi connectivity index (χ3v) is 3.60. The van der Waals surface area contributed by atoms with Crippen molar-refractivity contribution in [2.45, 2.75) is 40.0 Å². The molecule has 0 aliphatic rings. The number of hydrogen-bond acceptors (Lipinski definition) is 2. The van der Waals surface area contributed by atoms with Crippen molar-refractivity contribution < 1.29 is 4.79 Å². The molecule has 0 saturated heterocycles. The number of amides is 1. The Morgan fingerprint density at radius 3 is 2.40 bits per heavy atom. The molecule has 0 radical (unpaired) electrons. The van der Waals surface area contributed by atoms with Gasteiger partial charge in [0.2, 0.25) is 5.91 Å². The van der Waals surface area contributed by atoms with Crippen molar-refractivity contribution in [3.8, 4) is 0 Å². The lowest BCUT2D eigenvalue weighted by molar-refractivity contribution is -0.116. The smallest absolute Gasteiger partial charge is 0.225 e. The first kappa shape index (κ1) is 17.0. The lowest BCUT2D eigenvalue weighted by Crippen LogP contribution is -2.29. The molecule has 0 saturated carbocycles. The highest BCUT2D eigenvalue weighted by molar-refractivity contribution is 6.31. The summed E-state index contributed by atoms with van der Waals surface area (Å²) in [5, 5.41) is 3.58. The van der Waals surface area contributed by atoms with Gasteiger partial charge in [0.1, 0.15) is 0 Å². The van der Waals surface area contributed by atoms with E-state index >= 15 is 0 Å². The average Bonchev–Trinajstić information content (AvgIpc) is 2.41. The maximum absolute atomic E-state index is 11.9. The maximum atomic E-state index is 11.9. The Hall–Kier alpha value is -1.06. The Balaban J connectivity index is 2.44. The average molecular weight is 297 g/mol. The molecule has 0 aromatic heterocycles. The number of anilines is 1. The van der Waals surface area contributed by atoms with Crippen LogP contribution in [-0.2, 0) is 4.79 Å². The third kappa shape index (κ3) is 5.93. The first-order valence-electron chi connectivity index (χ1n) is 7.35. The molecule has 0 bridgehead atoms. The molecule has 1 N–H and O–H groups in total. The van der Waals surface area contributed by atoms with Gasteiger partial charge in [-0.1, -0.05) is 31.5 Å². The van der Waals surface area contributed by atoms with E-state index in [2.05, 4.69) is 24.1 Å². The Morgan fingerprint density at radius 2 is 1.85 bits per heavy atom. The van der Waals surface area contributed by atoms with E-state index in [4.69, 9.17) is 11.6 Å². The van der Waals surface area contributed by atoms with Gasteiger partial charge in [-0.3, -0.25) is 4.79 Å². The number of rotatable bonds is 8. The van der Waals surface area contributed by atoms with E-state index in [0.717, 1.165) is 43.7 Å². The molecule has 1 amide bonds. The van der Waals surface area contributed by atoms with Crippen LogP contribution in [0.15, 0.2) is 18.2 Å². The number of benzene rings is 1. The fourth-order valence-corrected chi connectivity index (χ4v) is 2.30.